The Morgan fingerprint density at radius 3 is 2.35 bits per heavy atom. The van der Waals surface area contributed by atoms with Crippen molar-refractivity contribution in [1.29, 1.82) is 0 Å². The lowest BCUT2D eigenvalue weighted by molar-refractivity contribution is 0.102. The van der Waals surface area contributed by atoms with Crippen molar-refractivity contribution in [3.8, 4) is 10.6 Å². The fraction of sp³-hybridized carbons (Fsp3) is 0.158. The minimum absolute atomic E-state index is 0.0410. The Labute approximate surface area is 156 Å². The van der Waals surface area contributed by atoms with Crippen molar-refractivity contribution < 1.29 is 13.2 Å². The Kier molecular flexibility index (Phi) is 5.20. The number of benzene rings is 2. The average molecular weight is 386 g/mol. The number of hydrogen-bond donors (Lipinski definition) is 1. The lowest BCUT2D eigenvalue weighted by Gasteiger charge is -2.05. The van der Waals surface area contributed by atoms with E-state index < -0.39 is 9.84 Å². The Bertz CT molecular complexity index is 1020. The summed E-state index contributed by atoms with van der Waals surface area (Å²) in [5.41, 5.74) is 2.98. The van der Waals surface area contributed by atoms with E-state index in [1.807, 2.05) is 31.2 Å². The van der Waals surface area contributed by atoms with Gasteiger partial charge in [-0.1, -0.05) is 36.8 Å². The summed E-state index contributed by atoms with van der Waals surface area (Å²) in [6.07, 6.45) is 0. The van der Waals surface area contributed by atoms with Crippen LogP contribution in [0.25, 0.3) is 10.6 Å². The summed E-state index contributed by atoms with van der Waals surface area (Å²) < 4.78 is 23.6. The van der Waals surface area contributed by atoms with Crippen LogP contribution in [0.4, 0.5) is 5.69 Å². The summed E-state index contributed by atoms with van der Waals surface area (Å²) in [4.78, 5) is 17.0. The van der Waals surface area contributed by atoms with E-state index in [2.05, 4.69) is 10.3 Å². The molecule has 5 nitrogen and oxygen atoms in total. The average Bonchev–Trinajstić information content (AvgIpc) is 3.13. The Balaban J connectivity index is 1.73. The molecule has 26 heavy (non-hydrogen) atoms. The van der Waals surface area contributed by atoms with E-state index in [4.69, 9.17) is 0 Å². The van der Waals surface area contributed by atoms with Gasteiger partial charge in [0.05, 0.1) is 10.6 Å². The maximum atomic E-state index is 12.4. The van der Waals surface area contributed by atoms with E-state index in [-0.39, 0.29) is 16.6 Å². The lowest BCUT2D eigenvalue weighted by Crippen LogP contribution is -2.12. The minimum Gasteiger partial charge on any atom is -0.321 e. The summed E-state index contributed by atoms with van der Waals surface area (Å²) in [5, 5.41) is 5.23. The number of sulfone groups is 1. The third-order valence-electron chi connectivity index (χ3n) is 3.89. The molecule has 2 aromatic carbocycles. The molecule has 1 amide bonds. The third-order valence-corrected chi connectivity index (χ3v) is 6.53. The topological polar surface area (TPSA) is 76.1 Å². The molecule has 0 aliphatic carbocycles. The van der Waals surface area contributed by atoms with Crippen LogP contribution in [0.3, 0.4) is 0 Å². The van der Waals surface area contributed by atoms with Crippen LogP contribution < -0.4 is 5.32 Å². The normalized spacial score (nSPS) is 11.3. The Morgan fingerprint density at radius 1 is 1.08 bits per heavy atom. The van der Waals surface area contributed by atoms with Gasteiger partial charge in [-0.2, -0.15) is 0 Å². The quantitative estimate of drug-likeness (QED) is 0.714. The zero-order valence-corrected chi connectivity index (χ0v) is 16.0. The number of thiazole rings is 1. The lowest BCUT2D eigenvalue weighted by atomic mass is 10.2. The SMILES string of the molecule is CCS(=O)(=O)c1ccc(NC(=O)c2csc(-c3ccc(C)cc3)n2)cc1. The summed E-state index contributed by atoms with van der Waals surface area (Å²) in [7, 11) is -3.25. The fourth-order valence-corrected chi connectivity index (χ4v) is 4.00. The predicted molar refractivity (Wildman–Crippen MR) is 104 cm³/mol. The third kappa shape index (κ3) is 4.00. The number of amides is 1. The molecule has 0 unspecified atom stereocenters. The van der Waals surface area contributed by atoms with Gasteiger partial charge in [-0.25, -0.2) is 13.4 Å². The first-order chi connectivity index (χ1) is 12.4. The Morgan fingerprint density at radius 2 is 1.73 bits per heavy atom. The number of hydrogen-bond acceptors (Lipinski definition) is 5. The van der Waals surface area contributed by atoms with E-state index in [0.29, 0.717) is 11.4 Å². The minimum atomic E-state index is -3.25. The molecular formula is C19H18N2O3S2. The van der Waals surface area contributed by atoms with Crippen LogP contribution >= 0.6 is 11.3 Å². The van der Waals surface area contributed by atoms with Gasteiger partial charge in [0.25, 0.3) is 5.91 Å². The van der Waals surface area contributed by atoms with Crippen molar-refractivity contribution >= 4 is 32.8 Å². The molecule has 1 N–H and O–H groups in total. The number of carbonyl (C=O) groups excluding carboxylic acids is 1. The molecule has 0 aliphatic heterocycles. The van der Waals surface area contributed by atoms with Crippen molar-refractivity contribution in [3.63, 3.8) is 0 Å². The fourth-order valence-electron chi connectivity index (χ4n) is 2.31. The second kappa shape index (κ2) is 7.39. The van der Waals surface area contributed by atoms with Gasteiger partial charge in [0.2, 0.25) is 0 Å². The number of nitrogens with one attached hydrogen (secondary N) is 1. The molecule has 0 fully saturated rings. The van der Waals surface area contributed by atoms with Crippen molar-refractivity contribution in [2.75, 3.05) is 11.1 Å². The van der Waals surface area contributed by atoms with Gasteiger partial charge in [0.15, 0.2) is 9.84 Å². The molecular weight excluding hydrogens is 368 g/mol. The van der Waals surface area contributed by atoms with Gasteiger partial charge in [-0.3, -0.25) is 4.79 Å². The highest BCUT2D eigenvalue weighted by Gasteiger charge is 2.14. The molecule has 3 aromatic rings. The van der Waals surface area contributed by atoms with Gasteiger partial charge >= 0.3 is 0 Å². The number of anilines is 1. The van der Waals surface area contributed by atoms with Crippen molar-refractivity contribution in [3.05, 3.63) is 65.2 Å². The highest BCUT2D eigenvalue weighted by molar-refractivity contribution is 7.91. The standard InChI is InChI=1S/C19H18N2O3S2/c1-3-26(23,24)16-10-8-15(9-11-16)20-18(22)17-12-25-19(21-17)14-6-4-13(2)5-7-14/h4-12H,3H2,1-2H3,(H,20,22). The van der Waals surface area contributed by atoms with Crippen LogP contribution in [-0.2, 0) is 9.84 Å². The van der Waals surface area contributed by atoms with Crippen LogP contribution in [0.5, 0.6) is 0 Å². The predicted octanol–water partition coefficient (Wildman–Crippen LogP) is 4.16. The van der Waals surface area contributed by atoms with Crippen LogP contribution in [0.2, 0.25) is 0 Å². The number of aryl methyl sites for hydroxylation is 1. The second-order valence-electron chi connectivity index (χ2n) is 5.79. The van der Waals surface area contributed by atoms with Gasteiger partial charge in [-0.15, -0.1) is 11.3 Å². The molecule has 0 aliphatic rings. The van der Waals surface area contributed by atoms with Crippen LogP contribution in [0.15, 0.2) is 58.8 Å². The van der Waals surface area contributed by atoms with Crippen molar-refractivity contribution in [2.24, 2.45) is 0 Å². The first-order valence-electron chi connectivity index (χ1n) is 8.06. The molecule has 7 heteroatoms. The number of carbonyl (C=O) groups is 1. The van der Waals surface area contributed by atoms with Gasteiger partial charge in [0, 0.05) is 16.6 Å². The molecule has 1 aromatic heterocycles. The Hall–Kier alpha value is -2.51. The largest absolute Gasteiger partial charge is 0.321 e. The first-order valence-corrected chi connectivity index (χ1v) is 10.6. The van der Waals surface area contributed by atoms with Gasteiger partial charge in [0.1, 0.15) is 10.7 Å². The van der Waals surface area contributed by atoms with E-state index >= 15 is 0 Å². The molecule has 3 rings (SSSR count). The first kappa shape index (κ1) is 18.3. The highest BCUT2D eigenvalue weighted by atomic mass is 32.2. The monoisotopic (exact) mass is 386 g/mol. The smallest absolute Gasteiger partial charge is 0.275 e. The molecule has 1 heterocycles. The van der Waals surface area contributed by atoms with Crippen LogP contribution in [-0.4, -0.2) is 25.1 Å². The molecule has 0 saturated carbocycles. The zero-order chi connectivity index (χ0) is 18.7. The summed E-state index contributed by atoms with van der Waals surface area (Å²) >= 11 is 1.40. The number of aromatic nitrogens is 1. The zero-order valence-electron chi connectivity index (χ0n) is 14.4. The molecule has 0 radical (unpaired) electrons. The maximum Gasteiger partial charge on any atom is 0.275 e. The van der Waals surface area contributed by atoms with Crippen LogP contribution in [0.1, 0.15) is 23.0 Å². The molecule has 134 valence electrons. The molecule has 0 spiro atoms. The molecule has 0 bridgehead atoms. The molecule has 0 saturated heterocycles. The second-order valence-corrected chi connectivity index (χ2v) is 8.92. The van der Waals surface area contributed by atoms with Gasteiger partial charge in [-0.05, 0) is 31.2 Å². The summed E-state index contributed by atoms with van der Waals surface area (Å²) in [6.45, 7) is 3.61. The summed E-state index contributed by atoms with van der Waals surface area (Å²) in [5.74, 6) is -0.287. The maximum absolute atomic E-state index is 12.4. The number of nitrogens with zero attached hydrogens (tertiary/aromatic N) is 1. The van der Waals surface area contributed by atoms with Crippen LogP contribution in [0, 0.1) is 6.92 Å². The van der Waals surface area contributed by atoms with E-state index in [1.165, 1.54) is 23.5 Å². The van der Waals surface area contributed by atoms with E-state index in [1.54, 1.807) is 24.4 Å². The van der Waals surface area contributed by atoms with Gasteiger partial charge < -0.3 is 5.32 Å². The van der Waals surface area contributed by atoms with E-state index in [0.717, 1.165) is 16.1 Å². The van der Waals surface area contributed by atoms with Crippen molar-refractivity contribution in [2.45, 2.75) is 18.7 Å². The summed E-state index contributed by atoms with van der Waals surface area (Å²) in [6, 6.07) is 14.1. The molecule has 0 atom stereocenters. The number of rotatable bonds is 5. The highest BCUT2D eigenvalue weighted by Crippen LogP contribution is 2.24. The van der Waals surface area contributed by atoms with E-state index in [9.17, 15) is 13.2 Å². The van der Waals surface area contributed by atoms with Crippen molar-refractivity contribution in [1.82, 2.24) is 4.98 Å².